The molecule has 0 aliphatic rings. The summed E-state index contributed by atoms with van der Waals surface area (Å²) in [6.07, 6.45) is 0.147. The quantitative estimate of drug-likeness (QED) is 0.782. The van der Waals surface area contributed by atoms with Crippen LogP contribution in [0, 0.1) is 0 Å². The highest BCUT2D eigenvalue weighted by Gasteiger charge is 2.21. The monoisotopic (exact) mass is 285 g/mol. The molecular formula is C16H15NO4. The van der Waals surface area contributed by atoms with Crippen LogP contribution in [0.2, 0.25) is 0 Å². The van der Waals surface area contributed by atoms with Gasteiger partial charge in [-0.15, -0.1) is 0 Å². The highest BCUT2D eigenvalue weighted by Crippen LogP contribution is 2.12. The van der Waals surface area contributed by atoms with E-state index in [1.54, 1.807) is 42.5 Å². The zero-order chi connectivity index (χ0) is 15.2. The van der Waals surface area contributed by atoms with Crippen LogP contribution in [0.25, 0.3) is 0 Å². The van der Waals surface area contributed by atoms with Crippen molar-refractivity contribution in [2.45, 2.75) is 12.5 Å². The SMILES string of the molecule is O=C(N[C@H](Cc1ccc(O)cc1)C(=O)O)c1ccccc1. The molecule has 5 nitrogen and oxygen atoms in total. The fourth-order valence-electron chi connectivity index (χ4n) is 1.90. The maximum atomic E-state index is 12.0. The Balaban J connectivity index is 2.07. The van der Waals surface area contributed by atoms with Crippen molar-refractivity contribution >= 4 is 11.9 Å². The number of phenols is 1. The second kappa shape index (κ2) is 6.56. The molecule has 0 spiro atoms. The Morgan fingerprint density at radius 3 is 2.19 bits per heavy atom. The predicted molar refractivity (Wildman–Crippen MR) is 77.1 cm³/mol. The molecule has 0 aliphatic carbocycles. The number of nitrogens with one attached hydrogen (secondary N) is 1. The molecule has 2 aromatic carbocycles. The summed E-state index contributed by atoms with van der Waals surface area (Å²) in [5.74, 6) is -1.42. The Morgan fingerprint density at radius 1 is 1.00 bits per heavy atom. The van der Waals surface area contributed by atoms with Crippen LogP contribution in [0.1, 0.15) is 15.9 Å². The van der Waals surface area contributed by atoms with Crippen molar-refractivity contribution in [1.82, 2.24) is 5.32 Å². The maximum absolute atomic E-state index is 12.0. The fourth-order valence-corrected chi connectivity index (χ4v) is 1.90. The Labute approximate surface area is 121 Å². The van der Waals surface area contributed by atoms with E-state index >= 15 is 0 Å². The lowest BCUT2D eigenvalue weighted by Gasteiger charge is -2.14. The number of aromatic hydroxyl groups is 1. The van der Waals surface area contributed by atoms with Gasteiger partial charge < -0.3 is 15.5 Å². The number of carbonyl (C=O) groups excluding carboxylic acids is 1. The number of hydrogen-bond acceptors (Lipinski definition) is 3. The second-order valence-electron chi connectivity index (χ2n) is 4.60. The van der Waals surface area contributed by atoms with Gasteiger partial charge in [0.1, 0.15) is 11.8 Å². The highest BCUT2D eigenvalue weighted by atomic mass is 16.4. The Hall–Kier alpha value is -2.82. The molecule has 0 bridgehead atoms. The van der Waals surface area contributed by atoms with E-state index in [9.17, 15) is 19.8 Å². The molecule has 2 rings (SSSR count). The van der Waals surface area contributed by atoms with Gasteiger partial charge in [0.05, 0.1) is 0 Å². The second-order valence-corrected chi connectivity index (χ2v) is 4.60. The summed E-state index contributed by atoms with van der Waals surface area (Å²) in [6.45, 7) is 0. The lowest BCUT2D eigenvalue weighted by Crippen LogP contribution is -2.42. The minimum atomic E-state index is -1.10. The van der Waals surface area contributed by atoms with E-state index in [0.29, 0.717) is 11.1 Å². The first-order valence-electron chi connectivity index (χ1n) is 6.43. The van der Waals surface area contributed by atoms with Gasteiger partial charge in [-0.25, -0.2) is 4.79 Å². The zero-order valence-electron chi connectivity index (χ0n) is 11.2. The molecule has 0 radical (unpaired) electrons. The number of benzene rings is 2. The summed E-state index contributed by atoms with van der Waals surface area (Å²) >= 11 is 0. The lowest BCUT2D eigenvalue weighted by atomic mass is 10.1. The summed E-state index contributed by atoms with van der Waals surface area (Å²) in [6, 6.07) is 13.6. The number of hydrogen-bond donors (Lipinski definition) is 3. The summed E-state index contributed by atoms with van der Waals surface area (Å²) in [7, 11) is 0. The van der Waals surface area contributed by atoms with Gasteiger partial charge in [0.25, 0.3) is 5.91 Å². The third kappa shape index (κ3) is 4.07. The Bertz CT molecular complexity index is 622. The first-order valence-corrected chi connectivity index (χ1v) is 6.43. The standard InChI is InChI=1S/C16H15NO4/c18-13-8-6-11(7-9-13)10-14(16(20)21)17-15(19)12-4-2-1-3-5-12/h1-9,14,18H,10H2,(H,17,19)(H,20,21)/t14-/m1/s1. The van der Waals surface area contributed by atoms with Crippen LogP contribution >= 0.6 is 0 Å². The van der Waals surface area contributed by atoms with E-state index in [2.05, 4.69) is 5.32 Å². The Morgan fingerprint density at radius 2 is 1.62 bits per heavy atom. The van der Waals surface area contributed by atoms with Gasteiger partial charge in [0.2, 0.25) is 0 Å². The van der Waals surface area contributed by atoms with Crippen LogP contribution in [0.15, 0.2) is 54.6 Å². The molecule has 108 valence electrons. The van der Waals surface area contributed by atoms with E-state index < -0.39 is 17.9 Å². The van der Waals surface area contributed by atoms with Crippen LogP contribution in [0.4, 0.5) is 0 Å². The fraction of sp³-hybridized carbons (Fsp3) is 0.125. The highest BCUT2D eigenvalue weighted by molar-refractivity contribution is 5.96. The zero-order valence-corrected chi connectivity index (χ0v) is 11.2. The van der Waals surface area contributed by atoms with Crippen molar-refractivity contribution in [2.75, 3.05) is 0 Å². The van der Waals surface area contributed by atoms with Crippen LogP contribution < -0.4 is 5.32 Å². The topological polar surface area (TPSA) is 86.6 Å². The Kier molecular flexibility index (Phi) is 4.56. The third-order valence-corrected chi connectivity index (χ3v) is 3.02. The number of aliphatic carboxylic acids is 1. The summed E-state index contributed by atoms with van der Waals surface area (Å²) < 4.78 is 0. The molecule has 0 saturated heterocycles. The van der Waals surface area contributed by atoms with E-state index in [0.717, 1.165) is 0 Å². The van der Waals surface area contributed by atoms with E-state index in [4.69, 9.17) is 0 Å². The van der Waals surface area contributed by atoms with Crippen molar-refractivity contribution < 1.29 is 19.8 Å². The normalized spacial score (nSPS) is 11.6. The van der Waals surface area contributed by atoms with E-state index in [1.807, 2.05) is 0 Å². The molecule has 1 atom stereocenters. The van der Waals surface area contributed by atoms with Gasteiger partial charge in [0, 0.05) is 12.0 Å². The van der Waals surface area contributed by atoms with E-state index in [-0.39, 0.29) is 12.2 Å². The minimum absolute atomic E-state index is 0.110. The minimum Gasteiger partial charge on any atom is -0.508 e. The van der Waals surface area contributed by atoms with Crippen LogP contribution in [0.5, 0.6) is 5.75 Å². The molecule has 0 unspecified atom stereocenters. The van der Waals surface area contributed by atoms with E-state index in [1.165, 1.54) is 12.1 Å². The van der Waals surface area contributed by atoms with Crippen molar-refractivity contribution in [2.24, 2.45) is 0 Å². The molecule has 2 aromatic rings. The van der Waals surface area contributed by atoms with Gasteiger partial charge in [-0.2, -0.15) is 0 Å². The molecule has 0 aliphatic heterocycles. The number of carbonyl (C=O) groups is 2. The summed E-state index contributed by atoms with van der Waals surface area (Å²) in [5, 5.41) is 20.9. The lowest BCUT2D eigenvalue weighted by molar-refractivity contribution is -0.139. The average molecular weight is 285 g/mol. The van der Waals surface area contributed by atoms with Gasteiger partial charge in [-0.3, -0.25) is 4.79 Å². The number of phenolic OH excluding ortho intramolecular Hbond substituents is 1. The van der Waals surface area contributed by atoms with Gasteiger partial charge in [-0.05, 0) is 29.8 Å². The molecule has 0 fully saturated rings. The number of carboxylic acid groups (broad SMARTS) is 1. The summed E-state index contributed by atoms with van der Waals surface area (Å²) in [5.41, 5.74) is 1.13. The molecule has 1 amide bonds. The smallest absolute Gasteiger partial charge is 0.326 e. The number of carboxylic acids is 1. The largest absolute Gasteiger partial charge is 0.508 e. The van der Waals surface area contributed by atoms with Crippen molar-refractivity contribution in [3.63, 3.8) is 0 Å². The van der Waals surface area contributed by atoms with Gasteiger partial charge >= 0.3 is 5.97 Å². The van der Waals surface area contributed by atoms with Crippen molar-refractivity contribution in [3.8, 4) is 5.75 Å². The van der Waals surface area contributed by atoms with Gasteiger partial charge in [0.15, 0.2) is 0 Å². The summed E-state index contributed by atoms with van der Waals surface area (Å²) in [4.78, 5) is 23.3. The first kappa shape index (κ1) is 14.6. The van der Waals surface area contributed by atoms with Crippen LogP contribution in [0.3, 0.4) is 0 Å². The molecule has 5 heteroatoms. The average Bonchev–Trinajstić information content (AvgIpc) is 2.49. The third-order valence-electron chi connectivity index (χ3n) is 3.02. The van der Waals surface area contributed by atoms with Crippen molar-refractivity contribution in [1.29, 1.82) is 0 Å². The van der Waals surface area contributed by atoms with Crippen LogP contribution in [-0.4, -0.2) is 28.1 Å². The molecule has 0 saturated carbocycles. The van der Waals surface area contributed by atoms with Crippen molar-refractivity contribution in [3.05, 3.63) is 65.7 Å². The molecular weight excluding hydrogens is 270 g/mol. The predicted octanol–water partition coefficient (Wildman–Crippen LogP) is 1.82. The number of rotatable bonds is 5. The molecule has 21 heavy (non-hydrogen) atoms. The van der Waals surface area contributed by atoms with Gasteiger partial charge in [-0.1, -0.05) is 30.3 Å². The molecule has 0 heterocycles. The van der Waals surface area contributed by atoms with Crippen LogP contribution in [-0.2, 0) is 11.2 Å². The molecule has 0 aromatic heterocycles. The first-order chi connectivity index (χ1) is 10.1. The maximum Gasteiger partial charge on any atom is 0.326 e. The number of amides is 1. The molecule has 3 N–H and O–H groups in total.